The van der Waals surface area contributed by atoms with E-state index in [0.29, 0.717) is 0 Å². The maximum atomic E-state index is 10.6. The average molecular weight is 156 g/mol. The van der Waals surface area contributed by atoms with Crippen LogP contribution in [0.25, 0.3) is 0 Å². The molecule has 0 aliphatic carbocycles. The molecule has 0 aliphatic heterocycles. The summed E-state index contributed by atoms with van der Waals surface area (Å²) in [5, 5.41) is 0. The van der Waals surface area contributed by atoms with Gasteiger partial charge in [0.2, 0.25) is 5.91 Å². The molecular formula is C9H18NO. The van der Waals surface area contributed by atoms with Crippen molar-refractivity contribution in [2.24, 2.45) is 0 Å². The molecule has 2 nitrogen and oxygen atoms in total. The zero-order valence-electron chi connectivity index (χ0n) is 7.60. The van der Waals surface area contributed by atoms with E-state index in [9.17, 15) is 4.79 Å². The number of amides is 1. The zero-order chi connectivity index (χ0) is 8.69. The number of rotatable bonds is 5. The van der Waals surface area contributed by atoms with E-state index in [2.05, 4.69) is 13.8 Å². The van der Waals surface area contributed by atoms with Gasteiger partial charge in [0.25, 0.3) is 0 Å². The lowest BCUT2D eigenvalue weighted by molar-refractivity contribution is -0.125. The lowest BCUT2D eigenvalue weighted by atomic mass is 10.2. The van der Waals surface area contributed by atoms with Gasteiger partial charge in [0.15, 0.2) is 0 Å². The van der Waals surface area contributed by atoms with Gasteiger partial charge in [-0.25, -0.2) is 0 Å². The van der Waals surface area contributed by atoms with Gasteiger partial charge in [-0.3, -0.25) is 4.79 Å². The average Bonchev–Trinajstić information content (AvgIpc) is 1.97. The highest BCUT2D eigenvalue weighted by Crippen LogP contribution is 1.99. The minimum absolute atomic E-state index is 0.0819. The van der Waals surface area contributed by atoms with Crippen molar-refractivity contribution in [3.05, 3.63) is 6.92 Å². The van der Waals surface area contributed by atoms with Gasteiger partial charge in [-0.2, -0.15) is 0 Å². The molecule has 0 bridgehead atoms. The number of unbranched alkanes of at least 4 members (excludes halogenated alkanes) is 3. The van der Waals surface area contributed by atoms with Crippen LogP contribution in [0.4, 0.5) is 0 Å². The van der Waals surface area contributed by atoms with Crippen LogP contribution in [0.3, 0.4) is 0 Å². The molecule has 0 aromatic carbocycles. The first kappa shape index (κ1) is 10.5. The Kier molecular flexibility index (Phi) is 5.90. The van der Waals surface area contributed by atoms with E-state index in [-0.39, 0.29) is 5.91 Å². The molecular weight excluding hydrogens is 138 g/mol. The van der Waals surface area contributed by atoms with Gasteiger partial charge in [0.1, 0.15) is 0 Å². The molecule has 0 spiro atoms. The lowest BCUT2D eigenvalue weighted by Gasteiger charge is -2.13. The summed E-state index contributed by atoms with van der Waals surface area (Å²) in [7, 11) is 1.79. The van der Waals surface area contributed by atoms with E-state index < -0.39 is 0 Å². The number of carbonyl (C=O) groups excluding carboxylic acids is 1. The molecule has 0 fully saturated rings. The molecule has 0 rings (SSSR count). The Labute approximate surface area is 69.6 Å². The lowest BCUT2D eigenvalue weighted by Crippen LogP contribution is -2.24. The quantitative estimate of drug-likeness (QED) is 0.556. The highest BCUT2D eigenvalue weighted by atomic mass is 16.2. The largest absolute Gasteiger partial charge is 0.346 e. The summed E-state index contributed by atoms with van der Waals surface area (Å²) in [5.74, 6) is -0.0819. The SMILES string of the molecule is [CH2]C(=O)N(C)CCCCCC. The van der Waals surface area contributed by atoms with E-state index in [4.69, 9.17) is 0 Å². The maximum Gasteiger partial charge on any atom is 0.222 e. The summed E-state index contributed by atoms with van der Waals surface area (Å²) in [5.41, 5.74) is 0. The van der Waals surface area contributed by atoms with Gasteiger partial charge in [-0.1, -0.05) is 26.2 Å². The predicted molar refractivity (Wildman–Crippen MR) is 47.1 cm³/mol. The van der Waals surface area contributed by atoms with Crippen LogP contribution in [0, 0.1) is 6.92 Å². The van der Waals surface area contributed by atoms with Crippen LogP contribution in [-0.2, 0) is 4.79 Å². The van der Waals surface area contributed by atoms with Crippen molar-refractivity contribution in [2.75, 3.05) is 13.6 Å². The zero-order valence-corrected chi connectivity index (χ0v) is 7.60. The fourth-order valence-corrected chi connectivity index (χ4v) is 0.900. The summed E-state index contributed by atoms with van der Waals surface area (Å²) in [6.45, 7) is 6.35. The van der Waals surface area contributed by atoms with E-state index in [1.54, 1.807) is 11.9 Å². The Morgan fingerprint density at radius 1 is 1.36 bits per heavy atom. The Balaban J connectivity index is 3.17. The van der Waals surface area contributed by atoms with Crippen molar-refractivity contribution in [1.29, 1.82) is 0 Å². The molecule has 0 aliphatic rings. The molecule has 0 unspecified atom stereocenters. The third-order valence-electron chi connectivity index (χ3n) is 1.77. The summed E-state index contributed by atoms with van der Waals surface area (Å²) in [4.78, 5) is 12.3. The molecule has 11 heavy (non-hydrogen) atoms. The van der Waals surface area contributed by atoms with E-state index >= 15 is 0 Å². The van der Waals surface area contributed by atoms with Crippen molar-refractivity contribution >= 4 is 5.91 Å². The van der Waals surface area contributed by atoms with Gasteiger partial charge in [-0.05, 0) is 6.42 Å². The van der Waals surface area contributed by atoms with Crippen molar-refractivity contribution in [2.45, 2.75) is 32.6 Å². The standard InChI is InChI=1S/C9H18NO/c1-4-5-6-7-8-10(3)9(2)11/h2,4-8H2,1,3H3. The van der Waals surface area contributed by atoms with Crippen molar-refractivity contribution < 1.29 is 4.79 Å². The Morgan fingerprint density at radius 3 is 2.45 bits per heavy atom. The molecule has 1 amide bonds. The molecule has 0 heterocycles. The number of carbonyl (C=O) groups is 1. The minimum Gasteiger partial charge on any atom is -0.346 e. The van der Waals surface area contributed by atoms with Gasteiger partial charge < -0.3 is 4.90 Å². The summed E-state index contributed by atoms with van der Waals surface area (Å²) in [6.07, 6.45) is 4.82. The van der Waals surface area contributed by atoms with Crippen LogP contribution in [0.2, 0.25) is 0 Å². The first-order chi connectivity index (χ1) is 5.18. The van der Waals surface area contributed by atoms with Crippen LogP contribution in [-0.4, -0.2) is 24.4 Å². The molecule has 0 aromatic rings. The number of hydrogen-bond acceptors (Lipinski definition) is 1. The van der Waals surface area contributed by atoms with Crippen LogP contribution in [0.1, 0.15) is 32.6 Å². The molecule has 0 atom stereocenters. The van der Waals surface area contributed by atoms with Crippen LogP contribution in [0.5, 0.6) is 0 Å². The summed E-state index contributed by atoms with van der Waals surface area (Å²) >= 11 is 0. The molecule has 0 N–H and O–H groups in total. The minimum atomic E-state index is -0.0819. The second kappa shape index (κ2) is 6.20. The Hall–Kier alpha value is -0.530. The Morgan fingerprint density at radius 2 is 2.00 bits per heavy atom. The highest BCUT2D eigenvalue weighted by Gasteiger charge is 1.99. The van der Waals surface area contributed by atoms with Gasteiger partial charge in [0.05, 0.1) is 0 Å². The molecule has 65 valence electrons. The van der Waals surface area contributed by atoms with Crippen LogP contribution < -0.4 is 0 Å². The van der Waals surface area contributed by atoms with Crippen molar-refractivity contribution in [3.8, 4) is 0 Å². The maximum absolute atomic E-state index is 10.6. The topological polar surface area (TPSA) is 20.3 Å². The third-order valence-corrected chi connectivity index (χ3v) is 1.77. The molecule has 0 saturated carbocycles. The summed E-state index contributed by atoms with van der Waals surface area (Å²) < 4.78 is 0. The predicted octanol–water partition coefficient (Wildman–Crippen LogP) is 1.86. The fraction of sp³-hybridized carbons (Fsp3) is 0.778. The van der Waals surface area contributed by atoms with E-state index in [1.807, 2.05) is 0 Å². The first-order valence-corrected chi connectivity index (χ1v) is 4.25. The van der Waals surface area contributed by atoms with E-state index in [0.717, 1.165) is 13.0 Å². The third kappa shape index (κ3) is 5.89. The Bertz CT molecular complexity index is 112. The highest BCUT2D eigenvalue weighted by molar-refractivity contribution is 5.79. The number of nitrogens with zero attached hydrogens (tertiary/aromatic N) is 1. The molecule has 2 heteroatoms. The molecule has 0 aromatic heterocycles. The second-order valence-electron chi connectivity index (χ2n) is 2.88. The van der Waals surface area contributed by atoms with Gasteiger partial charge in [-0.15, -0.1) is 0 Å². The first-order valence-electron chi connectivity index (χ1n) is 4.25. The van der Waals surface area contributed by atoms with Crippen LogP contribution in [0.15, 0.2) is 0 Å². The van der Waals surface area contributed by atoms with Gasteiger partial charge in [0, 0.05) is 20.5 Å². The monoisotopic (exact) mass is 156 g/mol. The number of hydrogen-bond donors (Lipinski definition) is 0. The normalized spacial score (nSPS) is 9.73. The molecule has 1 radical (unpaired) electrons. The van der Waals surface area contributed by atoms with Crippen molar-refractivity contribution in [1.82, 2.24) is 4.90 Å². The summed E-state index contributed by atoms with van der Waals surface area (Å²) in [6, 6.07) is 0. The van der Waals surface area contributed by atoms with Crippen LogP contribution >= 0.6 is 0 Å². The van der Waals surface area contributed by atoms with Crippen molar-refractivity contribution in [3.63, 3.8) is 0 Å². The second-order valence-corrected chi connectivity index (χ2v) is 2.88. The fourth-order valence-electron chi connectivity index (χ4n) is 0.900. The van der Waals surface area contributed by atoms with E-state index in [1.165, 1.54) is 19.3 Å². The smallest absolute Gasteiger partial charge is 0.222 e. The van der Waals surface area contributed by atoms with Gasteiger partial charge >= 0.3 is 0 Å². The molecule has 0 saturated heterocycles.